The van der Waals surface area contributed by atoms with Crippen LogP contribution in [-0.2, 0) is 17.4 Å². The maximum Gasteiger partial charge on any atom is 0.433 e. The molecule has 7 nitrogen and oxygen atoms in total. The van der Waals surface area contributed by atoms with Crippen LogP contribution in [0.25, 0.3) is 0 Å². The molecule has 2 aromatic rings. The normalized spacial score (nSPS) is 23.9. The van der Waals surface area contributed by atoms with Crippen molar-refractivity contribution in [1.29, 1.82) is 0 Å². The molecule has 2 heterocycles. The topological polar surface area (TPSA) is 97.1 Å². The second-order valence-corrected chi connectivity index (χ2v) is 12.3. The third-order valence-electron chi connectivity index (χ3n) is 8.76. The Morgan fingerprint density at radius 1 is 1.10 bits per heavy atom. The minimum absolute atomic E-state index is 0.225. The number of halogens is 5. The number of aliphatic carboxylic acids is 1. The predicted octanol–water partition coefficient (Wildman–Crippen LogP) is 7.12. The number of aromatic nitrogens is 3. The molecule has 0 aromatic carbocycles. The van der Waals surface area contributed by atoms with Gasteiger partial charge >= 0.3 is 12.1 Å². The molecule has 2 fully saturated rings. The Morgan fingerprint density at radius 3 is 2.23 bits per heavy atom. The summed E-state index contributed by atoms with van der Waals surface area (Å²) in [6, 6.07) is -1.06. The van der Waals surface area contributed by atoms with Gasteiger partial charge < -0.3 is 10.4 Å². The summed E-state index contributed by atoms with van der Waals surface area (Å²) in [5, 5.41) is 17.2. The summed E-state index contributed by atoms with van der Waals surface area (Å²) in [7, 11) is 0. The molecule has 2 aliphatic rings. The second kappa shape index (κ2) is 11.3. The van der Waals surface area contributed by atoms with Crippen LogP contribution in [-0.4, -0.2) is 37.8 Å². The molecule has 2 saturated carbocycles. The van der Waals surface area contributed by atoms with E-state index in [2.05, 4.69) is 22.3 Å². The van der Waals surface area contributed by atoms with E-state index in [1.807, 2.05) is 0 Å². The summed E-state index contributed by atoms with van der Waals surface area (Å²) in [6.45, 7) is 3.66. The summed E-state index contributed by atoms with van der Waals surface area (Å²) >= 11 is 12.6. The Morgan fingerprint density at radius 2 is 1.69 bits per heavy atom. The van der Waals surface area contributed by atoms with Gasteiger partial charge in [0.2, 0.25) is 0 Å². The van der Waals surface area contributed by atoms with E-state index in [1.165, 1.54) is 12.4 Å². The van der Waals surface area contributed by atoms with Crippen LogP contribution in [0.4, 0.5) is 13.2 Å². The second-order valence-electron chi connectivity index (χ2n) is 11.5. The average molecular weight is 589 g/mol. The van der Waals surface area contributed by atoms with E-state index in [0.29, 0.717) is 28.5 Å². The maximum absolute atomic E-state index is 14.3. The first-order valence-corrected chi connectivity index (χ1v) is 14.0. The number of amides is 1. The van der Waals surface area contributed by atoms with Crippen molar-refractivity contribution >= 4 is 35.1 Å². The molecule has 0 bridgehead atoms. The van der Waals surface area contributed by atoms with Crippen LogP contribution in [0.2, 0.25) is 10.0 Å². The monoisotopic (exact) mass is 588 g/mol. The first kappa shape index (κ1) is 29.6. The van der Waals surface area contributed by atoms with E-state index < -0.39 is 46.8 Å². The summed E-state index contributed by atoms with van der Waals surface area (Å²) in [6.07, 6.45) is 4.54. The van der Waals surface area contributed by atoms with E-state index in [9.17, 15) is 27.9 Å². The third-order valence-corrected chi connectivity index (χ3v) is 9.41. The number of carboxylic acids is 1. The number of carboxylic acid groups (broad SMARTS) is 1. The summed E-state index contributed by atoms with van der Waals surface area (Å²) < 4.78 is 43.9. The lowest BCUT2D eigenvalue weighted by atomic mass is 9.74. The maximum atomic E-state index is 14.3. The van der Waals surface area contributed by atoms with Crippen molar-refractivity contribution in [3.8, 4) is 0 Å². The summed E-state index contributed by atoms with van der Waals surface area (Å²) in [4.78, 5) is 29.0. The fourth-order valence-electron chi connectivity index (χ4n) is 6.11. The van der Waals surface area contributed by atoms with Crippen LogP contribution < -0.4 is 5.32 Å². The van der Waals surface area contributed by atoms with Crippen molar-refractivity contribution in [2.75, 3.05) is 0 Å². The highest BCUT2D eigenvalue weighted by Crippen LogP contribution is 2.45. The molecule has 1 atom stereocenters. The number of pyridine rings is 1. The van der Waals surface area contributed by atoms with Gasteiger partial charge in [-0.15, -0.1) is 0 Å². The molecule has 12 heteroatoms. The largest absolute Gasteiger partial charge is 0.481 e. The van der Waals surface area contributed by atoms with Gasteiger partial charge in [0.05, 0.1) is 33.3 Å². The zero-order valence-corrected chi connectivity index (χ0v) is 23.5. The average Bonchev–Trinajstić information content (AvgIpc) is 3.51. The van der Waals surface area contributed by atoms with Crippen molar-refractivity contribution in [2.45, 2.75) is 96.3 Å². The van der Waals surface area contributed by atoms with E-state index in [0.717, 1.165) is 36.6 Å². The third kappa shape index (κ3) is 6.21. The SMILES string of the molecule is CC1(C(=O)O)CCC(n2ncc(C(=O)NC(CCc3c(Cl)cncc3Cl)C3(C)CCCC3)c2C(F)(F)F)CC1. The molecule has 2 aromatic heterocycles. The Hall–Kier alpha value is -2.33. The first-order valence-electron chi connectivity index (χ1n) is 13.2. The Labute approximate surface area is 235 Å². The molecule has 2 N–H and O–H groups in total. The van der Waals surface area contributed by atoms with Gasteiger partial charge in [0, 0.05) is 18.4 Å². The van der Waals surface area contributed by atoms with Crippen molar-refractivity contribution < 1.29 is 27.9 Å². The molecule has 0 radical (unpaired) electrons. The summed E-state index contributed by atoms with van der Waals surface area (Å²) in [5.41, 5.74) is -2.21. The number of hydrogen-bond donors (Lipinski definition) is 2. The molecular formula is C27H33Cl2F3N4O3. The molecule has 39 heavy (non-hydrogen) atoms. The van der Waals surface area contributed by atoms with E-state index in [4.69, 9.17) is 23.2 Å². The number of rotatable bonds is 8. The van der Waals surface area contributed by atoms with Crippen LogP contribution in [0.3, 0.4) is 0 Å². The van der Waals surface area contributed by atoms with Crippen molar-refractivity contribution in [3.05, 3.63) is 45.5 Å². The quantitative estimate of drug-likeness (QED) is 0.342. The number of carbonyl (C=O) groups excluding carboxylic acids is 1. The van der Waals surface area contributed by atoms with Gasteiger partial charge in [-0.1, -0.05) is 43.0 Å². The molecule has 214 valence electrons. The predicted molar refractivity (Wildman–Crippen MR) is 141 cm³/mol. The van der Waals surface area contributed by atoms with Crippen LogP contribution in [0.15, 0.2) is 18.6 Å². The number of hydrogen-bond acceptors (Lipinski definition) is 4. The standard InChI is InChI=1S/C27H33Cl2F3N4O3/c1-25(9-3-4-10-25)21(6-5-17-19(28)14-33-15-20(17)29)35-23(37)18-13-34-36(22(18)27(30,31)32)16-7-11-26(2,12-8-16)24(38)39/h13-16,21H,3-12H2,1-2H3,(H,35,37)(H,38,39). The Bertz CT molecular complexity index is 1200. The van der Waals surface area contributed by atoms with Crippen LogP contribution in [0.5, 0.6) is 0 Å². The minimum Gasteiger partial charge on any atom is -0.481 e. The van der Waals surface area contributed by atoms with Crippen molar-refractivity contribution in [2.24, 2.45) is 10.8 Å². The fourth-order valence-corrected chi connectivity index (χ4v) is 6.67. The Balaban J connectivity index is 1.59. The molecule has 1 unspecified atom stereocenters. The molecule has 2 aliphatic carbocycles. The van der Waals surface area contributed by atoms with Gasteiger partial charge in [-0.25, -0.2) is 0 Å². The van der Waals surface area contributed by atoms with Crippen LogP contribution in [0.1, 0.15) is 99.3 Å². The molecular weight excluding hydrogens is 556 g/mol. The van der Waals surface area contributed by atoms with Gasteiger partial charge in [-0.2, -0.15) is 18.3 Å². The molecule has 0 spiro atoms. The minimum atomic E-state index is -4.82. The van der Waals surface area contributed by atoms with Gasteiger partial charge in [0.25, 0.3) is 5.91 Å². The summed E-state index contributed by atoms with van der Waals surface area (Å²) in [5.74, 6) is -1.79. The van der Waals surface area contributed by atoms with Gasteiger partial charge in [-0.05, 0) is 69.3 Å². The zero-order valence-electron chi connectivity index (χ0n) is 22.0. The highest BCUT2D eigenvalue weighted by Gasteiger charge is 2.45. The van der Waals surface area contributed by atoms with E-state index in [-0.39, 0.29) is 31.1 Å². The van der Waals surface area contributed by atoms with Gasteiger partial charge in [0.1, 0.15) is 0 Å². The molecule has 0 saturated heterocycles. The highest BCUT2D eigenvalue weighted by molar-refractivity contribution is 6.35. The number of carbonyl (C=O) groups is 2. The fraction of sp³-hybridized carbons (Fsp3) is 0.630. The Kier molecular flexibility index (Phi) is 8.57. The van der Waals surface area contributed by atoms with E-state index >= 15 is 0 Å². The number of nitrogens with zero attached hydrogens (tertiary/aromatic N) is 3. The van der Waals surface area contributed by atoms with Crippen LogP contribution >= 0.6 is 23.2 Å². The van der Waals surface area contributed by atoms with Crippen LogP contribution in [0, 0.1) is 10.8 Å². The van der Waals surface area contributed by atoms with Crippen molar-refractivity contribution in [1.82, 2.24) is 20.1 Å². The number of nitrogens with one attached hydrogen (secondary N) is 1. The zero-order chi connectivity index (χ0) is 28.6. The van der Waals surface area contributed by atoms with Crippen molar-refractivity contribution in [3.63, 3.8) is 0 Å². The molecule has 1 amide bonds. The highest BCUT2D eigenvalue weighted by atomic mass is 35.5. The van der Waals surface area contributed by atoms with Gasteiger partial charge in [0.15, 0.2) is 5.69 Å². The van der Waals surface area contributed by atoms with Gasteiger partial charge in [-0.3, -0.25) is 19.3 Å². The lowest BCUT2D eigenvalue weighted by Crippen LogP contribution is -2.46. The lowest BCUT2D eigenvalue weighted by Gasteiger charge is -2.35. The van der Waals surface area contributed by atoms with E-state index in [1.54, 1.807) is 6.92 Å². The smallest absolute Gasteiger partial charge is 0.433 e. The molecule has 4 rings (SSSR count). The number of alkyl halides is 3. The first-order chi connectivity index (χ1) is 18.2. The molecule has 0 aliphatic heterocycles. The lowest BCUT2D eigenvalue weighted by molar-refractivity contribution is -0.152.